The Hall–Kier alpha value is -1.73. The van der Waals surface area contributed by atoms with Gasteiger partial charge in [0.15, 0.2) is 0 Å². The van der Waals surface area contributed by atoms with Gasteiger partial charge in [-0.2, -0.15) is 18.3 Å². The third-order valence-electron chi connectivity index (χ3n) is 3.35. The molecule has 0 radical (unpaired) electrons. The molecule has 0 atom stereocenters. The molecule has 0 aliphatic heterocycles. The molecule has 1 amide bonds. The van der Waals surface area contributed by atoms with Gasteiger partial charge in [-0.25, -0.2) is 4.68 Å². The summed E-state index contributed by atoms with van der Waals surface area (Å²) in [6.45, 7) is -1.32. The van der Waals surface area contributed by atoms with Crippen LogP contribution in [0.1, 0.15) is 42.6 Å². The molecule has 1 fully saturated rings. The van der Waals surface area contributed by atoms with Crippen LogP contribution in [0.15, 0.2) is 6.20 Å². The summed E-state index contributed by atoms with van der Waals surface area (Å²) in [7, 11) is 0. The van der Waals surface area contributed by atoms with Gasteiger partial charge in [0.25, 0.3) is 5.91 Å². The van der Waals surface area contributed by atoms with Crippen molar-refractivity contribution in [3.8, 4) is 0 Å². The zero-order valence-electron chi connectivity index (χ0n) is 10.9. The van der Waals surface area contributed by atoms with Crippen molar-refractivity contribution in [1.82, 2.24) is 15.1 Å². The third kappa shape index (κ3) is 3.64. The molecule has 1 aromatic heterocycles. The van der Waals surface area contributed by atoms with Crippen LogP contribution in [-0.4, -0.2) is 27.9 Å². The van der Waals surface area contributed by atoms with E-state index in [1.165, 1.54) is 0 Å². The van der Waals surface area contributed by atoms with Crippen molar-refractivity contribution in [2.75, 3.05) is 5.73 Å². The summed E-state index contributed by atoms with van der Waals surface area (Å²) >= 11 is 0. The SMILES string of the molecule is Nc1cnn(CC(F)(F)F)c1C(=O)NC1CCCCC1. The van der Waals surface area contributed by atoms with E-state index in [-0.39, 0.29) is 17.4 Å². The molecular formula is C12H17F3N4O. The van der Waals surface area contributed by atoms with E-state index in [9.17, 15) is 18.0 Å². The Morgan fingerprint density at radius 2 is 2.05 bits per heavy atom. The summed E-state index contributed by atoms with van der Waals surface area (Å²) < 4.78 is 37.9. The summed E-state index contributed by atoms with van der Waals surface area (Å²) in [4.78, 5) is 12.1. The Morgan fingerprint density at radius 1 is 1.40 bits per heavy atom. The van der Waals surface area contributed by atoms with Crippen molar-refractivity contribution in [3.63, 3.8) is 0 Å². The first-order chi connectivity index (χ1) is 9.37. The lowest BCUT2D eigenvalue weighted by Crippen LogP contribution is -2.38. The number of nitrogens with two attached hydrogens (primary N) is 1. The standard InChI is InChI=1S/C12H17F3N4O/c13-12(14,15)7-19-10(9(16)6-17-19)11(20)18-8-4-2-1-3-5-8/h6,8H,1-5,7,16H2,(H,18,20). The lowest BCUT2D eigenvalue weighted by molar-refractivity contribution is -0.142. The van der Waals surface area contributed by atoms with Gasteiger partial charge in [0.1, 0.15) is 12.2 Å². The van der Waals surface area contributed by atoms with E-state index in [0.29, 0.717) is 4.68 Å². The van der Waals surface area contributed by atoms with Crippen LogP contribution in [0.3, 0.4) is 0 Å². The number of carbonyl (C=O) groups excluding carboxylic acids is 1. The van der Waals surface area contributed by atoms with Gasteiger partial charge >= 0.3 is 6.18 Å². The summed E-state index contributed by atoms with van der Waals surface area (Å²) in [5.41, 5.74) is 5.30. The molecule has 3 N–H and O–H groups in total. The molecule has 0 saturated heterocycles. The second-order valence-corrected chi connectivity index (χ2v) is 5.03. The van der Waals surface area contributed by atoms with Crippen LogP contribution in [0, 0.1) is 0 Å². The van der Waals surface area contributed by atoms with Crippen molar-refractivity contribution in [2.45, 2.75) is 50.9 Å². The molecule has 1 aromatic rings. The average molecular weight is 290 g/mol. The number of aromatic nitrogens is 2. The number of hydrogen-bond donors (Lipinski definition) is 2. The first-order valence-corrected chi connectivity index (χ1v) is 6.56. The van der Waals surface area contributed by atoms with E-state index in [2.05, 4.69) is 10.4 Å². The number of carbonyl (C=O) groups is 1. The van der Waals surface area contributed by atoms with Crippen molar-refractivity contribution in [2.24, 2.45) is 0 Å². The Bertz CT molecular complexity index is 478. The monoisotopic (exact) mass is 290 g/mol. The van der Waals surface area contributed by atoms with Crippen LogP contribution in [0.4, 0.5) is 18.9 Å². The Kier molecular flexibility index (Phi) is 4.20. The predicted octanol–water partition coefficient (Wildman–Crippen LogP) is 2.09. The first-order valence-electron chi connectivity index (χ1n) is 6.56. The van der Waals surface area contributed by atoms with E-state index < -0.39 is 18.6 Å². The molecule has 112 valence electrons. The Labute approximate surface area is 114 Å². The highest BCUT2D eigenvalue weighted by Gasteiger charge is 2.32. The largest absolute Gasteiger partial charge is 0.408 e. The number of nitrogen functional groups attached to an aromatic ring is 1. The molecule has 20 heavy (non-hydrogen) atoms. The normalized spacial score (nSPS) is 17.1. The fraction of sp³-hybridized carbons (Fsp3) is 0.667. The number of rotatable bonds is 3. The second-order valence-electron chi connectivity index (χ2n) is 5.03. The number of amides is 1. The number of anilines is 1. The second kappa shape index (κ2) is 5.72. The van der Waals surface area contributed by atoms with Crippen LogP contribution in [0.5, 0.6) is 0 Å². The highest BCUT2D eigenvalue weighted by Crippen LogP contribution is 2.22. The molecule has 0 spiro atoms. The zero-order valence-corrected chi connectivity index (χ0v) is 10.9. The van der Waals surface area contributed by atoms with E-state index >= 15 is 0 Å². The molecule has 1 aliphatic rings. The maximum atomic E-state index is 12.4. The highest BCUT2D eigenvalue weighted by atomic mass is 19.4. The van der Waals surface area contributed by atoms with Gasteiger partial charge in [-0.1, -0.05) is 19.3 Å². The molecule has 1 saturated carbocycles. The highest BCUT2D eigenvalue weighted by molar-refractivity contribution is 5.97. The molecule has 0 aromatic carbocycles. The van der Waals surface area contributed by atoms with Crippen molar-refractivity contribution >= 4 is 11.6 Å². The summed E-state index contributed by atoms with van der Waals surface area (Å²) in [6, 6.07) is 0.00452. The van der Waals surface area contributed by atoms with Gasteiger partial charge in [0.05, 0.1) is 11.9 Å². The Morgan fingerprint density at radius 3 is 2.65 bits per heavy atom. The van der Waals surface area contributed by atoms with E-state index in [4.69, 9.17) is 5.73 Å². The van der Waals surface area contributed by atoms with E-state index in [1.54, 1.807) is 0 Å². The van der Waals surface area contributed by atoms with Crippen molar-refractivity contribution < 1.29 is 18.0 Å². The predicted molar refractivity (Wildman–Crippen MR) is 67.0 cm³/mol. The minimum absolute atomic E-state index is 0.00452. The molecular weight excluding hydrogens is 273 g/mol. The van der Waals surface area contributed by atoms with Crippen molar-refractivity contribution in [1.29, 1.82) is 0 Å². The molecule has 0 bridgehead atoms. The smallest absolute Gasteiger partial charge is 0.396 e. The number of halogens is 3. The van der Waals surface area contributed by atoms with E-state index in [1.807, 2.05) is 0 Å². The maximum Gasteiger partial charge on any atom is 0.408 e. The average Bonchev–Trinajstić information content (AvgIpc) is 2.69. The van der Waals surface area contributed by atoms with Gasteiger partial charge in [0.2, 0.25) is 0 Å². The van der Waals surface area contributed by atoms with Crippen LogP contribution < -0.4 is 11.1 Å². The van der Waals surface area contributed by atoms with Crippen LogP contribution in [0.25, 0.3) is 0 Å². The van der Waals surface area contributed by atoms with E-state index in [0.717, 1.165) is 38.3 Å². The van der Waals surface area contributed by atoms with Crippen molar-refractivity contribution in [3.05, 3.63) is 11.9 Å². The fourth-order valence-corrected chi connectivity index (χ4v) is 2.44. The Balaban J connectivity index is 2.10. The zero-order chi connectivity index (χ0) is 14.8. The number of nitrogens with one attached hydrogen (secondary N) is 1. The van der Waals surface area contributed by atoms with Gasteiger partial charge in [-0.3, -0.25) is 4.79 Å². The lowest BCUT2D eigenvalue weighted by Gasteiger charge is -2.23. The summed E-state index contributed by atoms with van der Waals surface area (Å²) in [5.74, 6) is -0.587. The first kappa shape index (κ1) is 14.7. The fourth-order valence-electron chi connectivity index (χ4n) is 2.44. The summed E-state index contributed by atoms with van der Waals surface area (Å²) in [6.07, 6.45) is 1.48. The van der Waals surface area contributed by atoms with Crippen LogP contribution in [-0.2, 0) is 6.54 Å². The quantitative estimate of drug-likeness (QED) is 0.895. The van der Waals surface area contributed by atoms with Gasteiger partial charge in [0, 0.05) is 6.04 Å². The molecule has 8 heteroatoms. The third-order valence-corrected chi connectivity index (χ3v) is 3.35. The van der Waals surface area contributed by atoms with Gasteiger partial charge in [-0.05, 0) is 12.8 Å². The molecule has 1 heterocycles. The number of nitrogens with zero attached hydrogens (tertiary/aromatic N) is 2. The topological polar surface area (TPSA) is 72.9 Å². The van der Waals surface area contributed by atoms with Gasteiger partial charge < -0.3 is 11.1 Å². The minimum Gasteiger partial charge on any atom is -0.396 e. The lowest BCUT2D eigenvalue weighted by atomic mass is 9.95. The molecule has 2 rings (SSSR count). The molecule has 0 unspecified atom stereocenters. The summed E-state index contributed by atoms with van der Waals surface area (Å²) in [5, 5.41) is 6.27. The molecule has 1 aliphatic carbocycles. The maximum absolute atomic E-state index is 12.4. The number of alkyl halides is 3. The minimum atomic E-state index is -4.45. The van der Waals surface area contributed by atoms with Crippen LogP contribution in [0.2, 0.25) is 0 Å². The van der Waals surface area contributed by atoms with Crippen LogP contribution >= 0.6 is 0 Å². The molecule has 5 nitrogen and oxygen atoms in total. The number of hydrogen-bond acceptors (Lipinski definition) is 3. The van der Waals surface area contributed by atoms with Gasteiger partial charge in [-0.15, -0.1) is 0 Å².